The molecule has 0 radical (unpaired) electrons. The van der Waals surface area contributed by atoms with Gasteiger partial charge in [0.15, 0.2) is 0 Å². The highest BCUT2D eigenvalue weighted by Gasteiger charge is 2.25. The molecule has 2 N–H and O–H groups in total. The number of amides is 2. The second-order valence-corrected chi connectivity index (χ2v) is 10.7. The van der Waals surface area contributed by atoms with E-state index >= 15 is 0 Å². The summed E-state index contributed by atoms with van der Waals surface area (Å²) in [5.41, 5.74) is 5.88. The van der Waals surface area contributed by atoms with Crippen molar-refractivity contribution in [3.05, 3.63) is 131 Å². The van der Waals surface area contributed by atoms with Crippen LogP contribution in [-0.2, 0) is 17.6 Å². The maximum atomic E-state index is 14.0. The van der Waals surface area contributed by atoms with E-state index in [9.17, 15) is 19.5 Å². The highest BCUT2D eigenvalue weighted by Crippen LogP contribution is 2.32. The van der Waals surface area contributed by atoms with Crippen LogP contribution in [0.2, 0.25) is 0 Å². The number of fused-ring (bicyclic) bond motifs is 1. The number of hydrogen-bond acceptors (Lipinski definition) is 3. The van der Waals surface area contributed by atoms with E-state index in [1.165, 1.54) is 11.1 Å². The Bertz CT molecular complexity index is 1550. The summed E-state index contributed by atoms with van der Waals surface area (Å²) >= 11 is 0. The van der Waals surface area contributed by atoms with Gasteiger partial charge in [0.1, 0.15) is 0 Å². The van der Waals surface area contributed by atoms with Gasteiger partial charge in [-0.1, -0.05) is 91.0 Å². The Hall–Kier alpha value is -4.71. The topological polar surface area (TPSA) is 86.7 Å². The Balaban J connectivity index is 1.40. The number of nitrogens with zero attached hydrogens (tertiary/aromatic N) is 1. The molecule has 0 aromatic heterocycles. The summed E-state index contributed by atoms with van der Waals surface area (Å²) in [6.07, 6.45) is 4.25. The molecule has 214 valence electrons. The van der Waals surface area contributed by atoms with Gasteiger partial charge in [-0.25, -0.2) is 0 Å². The van der Waals surface area contributed by atoms with Crippen LogP contribution >= 0.6 is 0 Å². The van der Waals surface area contributed by atoms with Gasteiger partial charge in [-0.05, 0) is 72.1 Å². The lowest BCUT2D eigenvalue weighted by Gasteiger charge is -2.27. The summed E-state index contributed by atoms with van der Waals surface area (Å²) < 4.78 is 0. The van der Waals surface area contributed by atoms with E-state index in [1.54, 1.807) is 23.1 Å². The van der Waals surface area contributed by atoms with Crippen LogP contribution in [0.1, 0.15) is 69.1 Å². The first-order valence-corrected chi connectivity index (χ1v) is 14.6. The molecule has 0 spiro atoms. The zero-order valence-electron chi connectivity index (χ0n) is 23.7. The summed E-state index contributed by atoms with van der Waals surface area (Å²) in [7, 11) is 0. The van der Waals surface area contributed by atoms with E-state index in [0.29, 0.717) is 35.2 Å². The molecule has 0 saturated heterocycles. The molecule has 1 aliphatic rings. The highest BCUT2D eigenvalue weighted by atomic mass is 16.4. The quantitative estimate of drug-likeness (QED) is 0.213. The fraction of sp³-hybridized carbons (Fsp3) is 0.250. The molecule has 1 atom stereocenters. The molecule has 0 bridgehead atoms. The van der Waals surface area contributed by atoms with Crippen molar-refractivity contribution in [1.82, 2.24) is 10.2 Å². The molecule has 5 rings (SSSR count). The third-order valence-corrected chi connectivity index (χ3v) is 7.91. The summed E-state index contributed by atoms with van der Waals surface area (Å²) in [5.74, 6) is -1.37. The van der Waals surface area contributed by atoms with Gasteiger partial charge < -0.3 is 15.3 Å². The van der Waals surface area contributed by atoms with Crippen LogP contribution in [0, 0.1) is 0 Å². The molecule has 0 heterocycles. The average Bonchev–Trinajstić information content (AvgIpc) is 3.03. The first-order chi connectivity index (χ1) is 20.5. The molecule has 4 aromatic carbocycles. The number of carbonyl (C=O) groups is 3. The lowest BCUT2D eigenvalue weighted by atomic mass is 9.87. The van der Waals surface area contributed by atoms with Gasteiger partial charge in [-0.3, -0.25) is 14.4 Å². The first kappa shape index (κ1) is 28.8. The lowest BCUT2D eigenvalue weighted by molar-refractivity contribution is -0.137. The smallest absolute Gasteiger partial charge is 0.305 e. The Labute approximate surface area is 247 Å². The Morgan fingerprint density at radius 3 is 2.17 bits per heavy atom. The SMILES string of the molecule is O=C(O)CCN(CCCc1ccccc1)C(=O)c1ccccc1-c1ccccc1C(=O)NC1CCCc2ccccc21. The van der Waals surface area contributed by atoms with Gasteiger partial charge in [0, 0.05) is 24.2 Å². The Morgan fingerprint density at radius 1 is 0.762 bits per heavy atom. The van der Waals surface area contributed by atoms with Crippen LogP contribution in [0.4, 0.5) is 0 Å². The summed E-state index contributed by atoms with van der Waals surface area (Å²) in [6.45, 7) is 0.541. The van der Waals surface area contributed by atoms with Gasteiger partial charge in [0.25, 0.3) is 11.8 Å². The molecule has 0 aliphatic heterocycles. The predicted molar refractivity (Wildman–Crippen MR) is 164 cm³/mol. The van der Waals surface area contributed by atoms with Gasteiger partial charge in [-0.2, -0.15) is 0 Å². The van der Waals surface area contributed by atoms with Crippen LogP contribution in [0.25, 0.3) is 11.1 Å². The number of aliphatic carboxylic acids is 1. The second kappa shape index (κ2) is 13.8. The van der Waals surface area contributed by atoms with E-state index in [4.69, 9.17) is 0 Å². The Morgan fingerprint density at radius 2 is 1.40 bits per heavy atom. The maximum absolute atomic E-state index is 14.0. The molecular weight excluding hydrogens is 524 g/mol. The third-order valence-electron chi connectivity index (χ3n) is 7.91. The molecule has 6 nitrogen and oxygen atoms in total. The standard InChI is InChI=1S/C36H36N2O4/c39-34(40)23-25-38(24-11-14-26-12-2-1-3-13-26)36(42)32-21-9-7-19-30(32)29-18-6-8-20-31(29)35(41)37-33-22-10-16-27-15-4-5-17-28(27)33/h1-9,12-13,15,17-21,33H,10-11,14,16,22-25H2,(H,37,41)(H,39,40). The van der Waals surface area contributed by atoms with Crippen molar-refractivity contribution in [3.8, 4) is 11.1 Å². The van der Waals surface area contributed by atoms with Gasteiger partial charge in [0.05, 0.1) is 12.5 Å². The highest BCUT2D eigenvalue weighted by molar-refractivity contribution is 6.06. The number of hydrogen-bond donors (Lipinski definition) is 2. The van der Waals surface area contributed by atoms with Crippen LogP contribution in [0.5, 0.6) is 0 Å². The minimum atomic E-state index is -0.949. The molecule has 0 saturated carbocycles. The average molecular weight is 561 g/mol. The van der Waals surface area contributed by atoms with E-state index in [0.717, 1.165) is 31.2 Å². The molecule has 0 fully saturated rings. The van der Waals surface area contributed by atoms with Crippen molar-refractivity contribution in [2.24, 2.45) is 0 Å². The zero-order chi connectivity index (χ0) is 29.3. The molecule has 42 heavy (non-hydrogen) atoms. The van der Waals surface area contributed by atoms with Crippen molar-refractivity contribution in [2.75, 3.05) is 13.1 Å². The lowest BCUT2D eigenvalue weighted by Crippen LogP contribution is -2.34. The molecule has 4 aromatic rings. The molecule has 6 heteroatoms. The Kier molecular flexibility index (Phi) is 9.44. The van der Waals surface area contributed by atoms with Crippen molar-refractivity contribution in [3.63, 3.8) is 0 Å². The van der Waals surface area contributed by atoms with Crippen LogP contribution < -0.4 is 5.32 Å². The van der Waals surface area contributed by atoms with Crippen molar-refractivity contribution in [2.45, 2.75) is 44.6 Å². The van der Waals surface area contributed by atoms with E-state index in [-0.39, 0.29) is 30.8 Å². The predicted octanol–water partition coefficient (Wildman–Crippen LogP) is 6.71. The minimum absolute atomic E-state index is 0.0662. The van der Waals surface area contributed by atoms with E-state index in [2.05, 4.69) is 17.4 Å². The summed E-state index contributed by atoms with van der Waals surface area (Å²) in [6, 6.07) is 32.9. The minimum Gasteiger partial charge on any atom is -0.481 e. The fourth-order valence-electron chi connectivity index (χ4n) is 5.79. The van der Waals surface area contributed by atoms with Gasteiger partial charge >= 0.3 is 5.97 Å². The number of carbonyl (C=O) groups excluding carboxylic acids is 2. The normalized spacial score (nSPS) is 14.0. The fourth-order valence-corrected chi connectivity index (χ4v) is 5.79. The number of carboxylic acid groups (broad SMARTS) is 1. The van der Waals surface area contributed by atoms with Crippen molar-refractivity contribution in [1.29, 1.82) is 0 Å². The number of rotatable bonds is 11. The first-order valence-electron chi connectivity index (χ1n) is 14.6. The molecular formula is C36H36N2O4. The molecule has 2 amide bonds. The number of nitrogens with one attached hydrogen (secondary N) is 1. The molecule has 1 aliphatic carbocycles. The van der Waals surface area contributed by atoms with Crippen molar-refractivity contribution >= 4 is 17.8 Å². The number of aryl methyl sites for hydroxylation is 2. The summed E-state index contributed by atoms with van der Waals surface area (Å²) in [5, 5.41) is 12.6. The van der Waals surface area contributed by atoms with Crippen LogP contribution in [0.15, 0.2) is 103 Å². The summed E-state index contributed by atoms with van der Waals surface area (Å²) in [4.78, 5) is 40.7. The zero-order valence-corrected chi connectivity index (χ0v) is 23.7. The maximum Gasteiger partial charge on any atom is 0.305 e. The van der Waals surface area contributed by atoms with Crippen LogP contribution in [-0.4, -0.2) is 40.9 Å². The second-order valence-electron chi connectivity index (χ2n) is 10.7. The van der Waals surface area contributed by atoms with Gasteiger partial charge in [-0.15, -0.1) is 0 Å². The van der Waals surface area contributed by atoms with Gasteiger partial charge in [0.2, 0.25) is 0 Å². The van der Waals surface area contributed by atoms with E-state index in [1.807, 2.05) is 72.8 Å². The van der Waals surface area contributed by atoms with Crippen LogP contribution in [0.3, 0.4) is 0 Å². The number of benzene rings is 4. The third kappa shape index (κ3) is 6.95. The van der Waals surface area contributed by atoms with Crippen molar-refractivity contribution < 1.29 is 19.5 Å². The molecule has 1 unspecified atom stereocenters. The van der Waals surface area contributed by atoms with E-state index < -0.39 is 5.97 Å². The monoisotopic (exact) mass is 560 g/mol. The largest absolute Gasteiger partial charge is 0.481 e. The number of carboxylic acids is 1.